The number of methoxy groups -OCH3 is 1. The summed E-state index contributed by atoms with van der Waals surface area (Å²) in [6.45, 7) is 6.21. The minimum atomic E-state index is -0.472. The lowest BCUT2D eigenvalue weighted by Gasteiger charge is -2.33. The van der Waals surface area contributed by atoms with Crippen molar-refractivity contribution in [2.75, 3.05) is 13.7 Å². The van der Waals surface area contributed by atoms with Gasteiger partial charge in [0.05, 0.1) is 12.2 Å². The van der Waals surface area contributed by atoms with E-state index in [1.54, 1.807) is 7.11 Å². The summed E-state index contributed by atoms with van der Waals surface area (Å²) < 4.78 is 11.5. The second-order valence-corrected chi connectivity index (χ2v) is 6.53. The molecule has 4 nitrogen and oxygen atoms in total. The Morgan fingerprint density at radius 1 is 1.55 bits per heavy atom. The predicted molar refractivity (Wildman–Crippen MR) is 76.1 cm³/mol. The molecule has 0 unspecified atom stereocenters. The van der Waals surface area contributed by atoms with Crippen molar-refractivity contribution in [3.05, 3.63) is 11.6 Å². The molecule has 4 atom stereocenters. The van der Waals surface area contributed by atoms with Crippen molar-refractivity contribution in [2.45, 2.75) is 51.9 Å². The van der Waals surface area contributed by atoms with Crippen LogP contribution in [0.15, 0.2) is 11.6 Å². The Morgan fingerprint density at radius 2 is 2.25 bits per heavy atom. The summed E-state index contributed by atoms with van der Waals surface area (Å²) >= 11 is 0. The molecule has 2 rings (SSSR count). The van der Waals surface area contributed by atoms with Crippen molar-refractivity contribution in [2.24, 2.45) is 17.8 Å². The fourth-order valence-electron chi connectivity index (χ4n) is 3.44. The summed E-state index contributed by atoms with van der Waals surface area (Å²) in [6, 6.07) is 0. The average Bonchev–Trinajstić information content (AvgIpc) is 2.61. The van der Waals surface area contributed by atoms with Gasteiger partial charge in [0.2, 0.25) is 0 Å². The van der Waals surface area contributed by atoms with Gasteiger partial charge in [-0.1, -0.05) is 26.8 Å². The maximum Gasteiger partial charge on any atom is 0.158 e. The number of Topliss-reactive ketones (excluding diaryl/α,β-unsaturated/α-hetero) is 1. The molecule has 20 heavy (non-hydrogen) atoms. The Morgan fingerprint density at radius 3 is 2.75 bits per heavy atom. The molecule has 0 saturated carbocycles. The Kier molecular flexibility index (Phi) is 4.67. The Bertz CT molecular complexity index is 401. The third kappa shape index (κ3) is 2.83. The predicted octanol–water partition coefficient (Wildman–Crippen LogP) is 2.31. The molecule has 1 N–H and O–H groups in total. The Balaban J connectivity index is 2.35. The molecule has 0 aromatic carbocycles. The van der Waals surface area contributed by atoms with Gasteiger partial charge in [0, 0.05) is 25.9 Å². The number of rotatable bonds is 3. The van der Waals surface area contributed by atoms with Gasteiger partial charge in [0.15, 0.2) is 6.29 Å². The number of hydrogen-bond acceptors (Lipinski definition) is 4. The van der Waals surface area contributed by atoms with E-state index in [-0.39, 0.29) is 36.4 Å². The van der Waals surface area contributed by atoms with E-state index in [9.17, 15) is 9.90 Å². The minimum Gasteiger partial charge on any atom is -0.392 e. The summed E-state index contributed by atoms with van der Waals surface area (Å²) in [5, 5.41) is 9.50. The van der Waals surface area contributed by atoms with Gasteiger partial charge in [-0.2, -0.15) is 0 Å². The van der Waals surface area contributed by atoms with Gasteiger partial charge in [-0.15, -0.1) is 0 Å². The van der Waals surface area contributed by atoms with Gasteiger partial charge in [-0.25, -0.2) is 0 Å². The van der Waals surface area contributed by atoms with Crippen molar-refractivity contribution < 1.29 is 19.4 Å². The van der Waals surface area contributed by atoms with Crippen LogP contribution in [0.5, 0.6) is 0 Å². The maximum absolute atomic E-state index is 12.4. The molecule has 2 aliphatic rings. The monoisotopic (exact) mass is 282 g/mol. The highest BCUT2D eigenvalue weighted by atomic mass is 16.7. The van der Waals surface area contributed by atoms with Crippen LogP contribution in [0, 0.1) is 17.8 Å². The van der Waals surface area contributed by atoms with Crippen molar-refractivity contribution >= 4 is 5.78 Å². The zero-order valence-corrected chi connectivity index (χ0v) is 12.9. The molecule has 1 fully saturated rings. The molecule has 1 aliphatic heterocycles. The number of carbonyl (C=O) groups is 1. The van der Waals surface area contributed by atoms with Crippen LogP contribution in [0.3, 0.4) is 0 Å². The van der Waals surface area contributed by atoms with Crippen molar-refractivity contribution in [1.82, 2.24) is 0 Å². The topological polar surface area (TPSA) is 55.8 Å². The fraction of sp³-hybridized carbons (Fsp3) is 0.812. The van der Waals surface area contributed by atoms with Gasteiger partial charge < -0.3 is 14.6 Å². The van der Waals surface area contributed by atoms with E-state index in [1.807, 2.05) is 6.08 Å². The van der Waals surface area contributed by atoms with Crippen LogP contribution >= 0.6 is 0 Å². The van der Waals surface area contributed by atoms with E-state index >= 15 is 0 Å². The zero-order valence-electron chi connectivity index (χ0n) is 12.9. The molecule has 0 amide bonds. The lowest BCUT2D eigenvalue weighted by molar-refractivity contribution is -0.151. The largest absolute Gasteiger partial charge is 0.392 e. The van der Waals surface area contributed by atoms with Crippen molar-refractivity contribution in [1.29, 1.82) is 0 Å². The van der Waals surface area contributed by atoms with Crippen LogP contribution in [0.25, 0.3) is 0 Å². The van der Waals surface area contributed by atoms with Crippen molar-refractivity contribution in [3.8, 4) is 0 Å². The van der Waals surface area contributed by atoms with Gasteiger partial charge in [-0.3, -0.25) is 4.79 Å². The summed E-state index contributed by atoms with van der Waals surface area (Å²) in [5.74, 6) is 0.756. The van der Waals surface area contributed by atoms with Crippen LogP contribution in [-0.4, -0.2) is 36.5 Å². The van der Waals surface area contributed by atoms with Crippen LogP contribution < -0.4 is 0 Å². The molecule has 1 spiro atoms. The fourth-order valence-corrected chi connectivity index (χ4v) is 3.44. The van der Waals surface area contributed by atoms with E-state index < -0.39 is 5.60 Å². The third-order valence-electron chi connectivity index (χ3n) is 4.80. The zero-order chi connectivity index (χ0) is 14.9. The number of aliphatic hydroxyl groups is 1. The SMILES string of the molecule is CO[C@@H]1C[C@H](C)[C@@]2(C=C(CO)CC(=O)[C@H](C(C)C)C2)O1. The smallest absolute Gasteiger partial charge is 0.158 e. The highest BCUT2D eigenvalue weighted by Gasteiger charge is 2.49. The molecule has 0 bridgehead atoms. The van der Waals surface area contributed by atoms with E-state index in [4.69, 9.17) is 9.47 Å². The first kappa shape index (κ1) is 15.7. The van der Waals surface area contributed by atoms with Crippen molar-refractivity contribution in [3.63, 3.8) is 0 Å². The highest BCUT2D eigenvalue weighted by molar-refractivity contribution is 5.84. The number of hydrogen-bond donors (Lipinski definition) is 1. The van der Waals surface area contributed by atoms with Gasteiger partial charge in [-0.05, 0) is 23.8 Å². The minimum absolute atomic E-state index is 0.0200. The van der Waals surface area contributed by atoms with E-state index in [1.165, 1.54) is 0 Å². The quantitative estimate of drug-likeness (QED) is 0.807. The molecule has 0 radical (unpaired) electrons. The first-order chi connectivity index (χ1) is 9.41. The Hall–Kier alpha value is -0.710. The standard InChI is InChI=1S/C16H26O4/c1-10(2)13-8-16(7-12(9-17)6-14(13)18)11(3)5-15(19-4)20-16/h7,10-11,13,15,17H,5-6,8-9H2,1-4H3/t11-,13-,15-,16-/m0/s1. The second-order valence-electron chi connectivity index (χ2n) is 6.53. The molecule has 0 aromatic heterocycles. The number of aliphatic hydroxyl groups excluding tert-OH is 1. The molecule has 1 aliphatic carbocycles. The first-order valence-corrected chi connectivity index (χ1v) is 7.46. The molecule has 0 aromatic rings. The van der Waals surface area contributed by atoms with E-state index in [0.717, 1.165) is 12.0 Å². The van der Waals surface area contributed by atoms with Crippen LogP contribution in [0.1, 0.15) is 40.0 Å². The maximum atomic E-state index is 12.4. The Labute approximate surface area is 121 Å². The lowest BCUT2D eigenvalue weighted by Crippen LogP contribution is -2.37. The third-order valence-corrected chi connectivity index (χ3v) is 4.80. The second kappa shape index (κ2) is 5.96. The summed E-state index contributed by atoms with van der Waals surface area (Å²) in [5.41, 5.74) is 0.307. The van der Waals surface area contributed by atoms with Crippen LogP contribution in [-0.2, 0) is 14.3 Å². The van der Waals surface area contributed by atoms with E-state index in [0.29, 0.717) is 12.8 Å². The van der Waals surface area contributed by atoms with Gasteiger partial charge >= 0.3 is 0 Å². The lowest BCUT2D eigenvalue weighted by atomic mass is 9.77. The number of carbonyl (C=O) groups excluding carboxylic acids is 1. The number of ketones is 1. The van der Waals surface area contributed by atoms with Crippen LogP contribution in [0.2, 0.25) is 0 Å². The van der Waals surface area contributed by atoms with E-state index in [2.05, 4.69) is 20.8 Å². The molecule has 114 valence electrons. The summed E-state index contributed by atoms with van der Waals surface area (Å²) in [4.78, 5) is 12.4. The molecule has 1 heterocycles. The molecule has 4 heteroatoms. The highest BCUT2D eigenvalue weighted by Crippen LogP contribution is 2.45. The van der Waals surface area contributed by atoms with Gasteiger partial charge in [0.25, 0.3) is 0 Å². The first-order valence-electron chi connectivity index (χ1n) is 7.46. The molecular formula is C16H26O4. The normalized spacial score (nSPS) is 38.4. The summed E-state index contributed by atoms with van der Waals surface area (Å²) in [7, 11) is 1.65. The van der Waals surface area contributed by atoms with Gasteiger partial charge in [0.1, 0.15) is 5.78 Å². The van der Waals surface area contributed by atoms with Crippen LogP contribution in [0.4, 0.5) is 0 Å². The summed E-state index contributed by atoms with van der Waals surface area (Å²) in [6.07, 6.45) is 3.63. The molecular weight excluding hydrogens is 256 g/mol. The number of ether oxygens (including phenoxy) is 2. The molecule has 1 saturated heterocycles. The average molecular weight is 282 g/mol.